The normalized spacial score (nSPS) is 28.7. The number of rotatable bonds is 5. The number of para-hydroxylation sites is 1. The Kier molecular flexibility index (Phi) is 4.99. The standard InChI is InChI=1S/C26H32N2O/c1-18-15-23-21-9-6-11-26(29)22(21)12-13-25(23)28(17-18)14-5-4-7-19-16-27-24-10-3-2-8-20(19)24/h2-3,6,8-11,13,16,18,21-23,27,29H,4-5,7,12,14-15,17H2,1H3/t18-,21?,22?,23-/m0/s1. The summed E-state index contributed by atoms with van der Waals surface area (Å²) in [6.07, 6.45) is 16.7. The highest BCUT2D eigenvalue weighted by Gasteiger charge is 2.41. The molecule has 0 bridgehead atoms. The number of aliphatic hydroxyl groups is 1. The largest absolute Gasteiger partial charge is 0.512 e. The second kappa shape index (κ2) is 7.78. The lowest BCUT2D eigenvalue weighted by atomic mass is 9.67. The summed E-state index contributed by atoms with van der Waals surface area (Å²) in [5.41, 5.74) is 4.24. The van der Waals surface area contributed by atoms with Crippen molar-refractivity contribution in [3.63, 3.8) is 0 Å². The predicted octanol–water partition coefficient (Wildman–Crippen LogP) is 5.98. The van der Waals surface area contributed by atoms with Gasteiger partial charge in [0.1, 0.15) is 0 Å². The lowest BCUT2D eigenvalue weighted by molar-refractivity contribution is 0.123. The molecule has 2 unspecified atom stereocenters. The number of aryl methyl sites for hydroxylation is 1. The molecule has 5 rings (SSSR count). The van der Waals surface area contributed by atoms with E-state index in [1.165, 1.54) is 42.3 Å². The van der Waals surface area contributed by atoms with E-state index in [0.29, 0.717) is 29.4 Å². The van der Waals surface area contributed by atoms with E-state index in [9.17, 15) is 5.11 Å². The van der Waals surface area contributed by atoms with Gasteiger partial charge in [-0.1, -0.05) is 43.4 Å². The third-order valence-corrected chi connectivity index (χ3v) is 7.22. The van der Waals surface area contributed by atoms with Crippen molar-refractivity contribution in [1.82, 2.24) is 9.88 Å². The van der Waals surface area contributed by atoms with Crippen molar-refractivity contribution < 1.29 is 5.11 Å². The lowest BCUT2D eigenvalue weighted by Gasteiger charge is -2.47. The summed E-state index contributed by atoms with van der Waals surface area (Å²) in [7, 11) is 0. The summed E-state index contributed by atoms with van der Waals surface area (Å²) in [5.74, 6) is 2.62. The molecular weight excluding hydrogens is 356 g/mol. The Morgan fingerprint density at radius 3 is 3.00 bits per heavy atom. The molecule has 2 N–H and O–H groups in total. The maximum atomic E-state index is 10.3. The summed E-state index contributed by atoms with van der Waals surface area (Å²) in [4.78, 5) is 6.06. The van der Waals surface area contributed by atoms with Gasteiger partial charge in [0, 0.05) is 47.7 Å². The minimum Gasteiger partial charge on any atom is -0.512 e. The number of piperidine rings is 1. The lowest BCUT2D eigenvalue weighted by Crippen LogP contribution is -2.44. The first-order valence-corrected chi connectivity index (χ1v) is 11.3. The van der Waals surface area contributed by atoms with Crippen LogP contribution in [0.2, 0.25) is 0 Å². The number of nitrogens with one attached hydrogen (secondary N) is 1. The van der Waals surface area contributed by atoms with Crippen LogP contribution in [-0.4, -0.2) is 28.1 Å². The summed E-state index contributed by atoms with van der Waals surface area (Å²) >= 11 is 0. The van der Waals surface area contributed by atoms with Crippen molar-refractivity contribution >= 4 is 10.9 Å². The third kappa shape index (κ3) is 3.52. The molecular formula is C26H32N2O. The van der Waals surface area contributed by atoms with Crippen LogP contribution >= 0.6 is 0 Å². The van der Waals surface area contributed by atoms with Gasteiger partial charge in [-0.3, -0.25) is 0 Å². The number of hydrogen-bond acceptors (Lipinski definition) is 2. The molecule has 1 aromatic heterocycles. The highest BCUT2D eigenvalue weighted by atomic mass is 16.3. The Morgan fingerprint density at radius 2 is 2.07 bits per heavy atom. The highest BCUT2D eigenvalue weighted by molar-refractivity contribution is 5.82. The van der Waals surface area contributed by atoms with Crippen LogP contribution in [0.25, 0.3) is 10.9 Å². The van der Waals surface area contributed by atoms with Crippen molar-refractivity contribution in [2.75, 3.05) is 13.1 Å². The number of likely N-dealkylation sites (tertiary alicyclic amines) is 1. The fraction of sp³-hybridized carbons (Fsp3) is 0.462. The van der Waals surface area contributed by atoms with E-state index in [-0.39, 0.29) is 0 Å². The molecule has 3 nitrogen and oxygen atoms in total. The summed E-state index contributed by atoms with van der Waals surface area (Å²) in [6.45, 7) is 4.72. The number of benzene rings is 1. The van der Waals surface area contributed by atoms with Crippen LogP contribution in [0.15, 0.2) is 66.2 Å². The Balaban J connectivity index is 1.23. The van der Waals surface area contributed by atoms with Gasteiger partial charge in [-0.2, -0.15) is 0 Å². The fourth-order valence-corrected chi connectivity index (χ4v) is 5.83. The van der Waals surface area contributed by atoms with Gasteiger partial charge in [0.15, 0.2) is 0 Å². The molecule has 0 spiro atoms. The van der Waals surface area contributed by atoms with E-state index in [1.807, 2.05) is 6.08 Å². The smallest absolute Gasteiger partial charge is 0.0962 e. The maximum Gasteiger partial charge on any atom is 0.0962 e. The highest BCUT2D eigenvalue weighted by Crippen LogP contribution is 2.47. The zero-order chi connectivity index (χ0) is 19.8. The molecule has 2 aromatic rings. The summed E-state index contributed by atoms with van der Waals surface area (Å²) in [6, 6.07) is 8.60. The average molecular weight is 389 g/mol. The Morgan fingerprint density at radius 1 is 1.17 bits per heavy atom. The van der Waals surface area contributed by atoms with Crippen LogP contribution < -0.4 is 0 Å². The monoisotopic (exact) mass is 388 g/mol. The molecule has 1 saturated heterocycles. The van der Waals surface area contributed by atoms with Gasteiger partial charge in [0.05, 0.1) is 5.76 Å². The number of nitrogens with zero attached hydrogens (tertiary/aromatic N) is 1. The molecule has 1 aliphatic heterocycles. The maximum absolute atomic E-state index is 10.3. The Bertz CT molecular complexity index is 966. The number of hydrogen-bond donors (Lipinski definition) is 2. The number of fused-ring (bicyclic) bond motifs is 4. The van der Waals surface area contributed by atoms with E-state index in [0.717, 1.165) is 19.4 Å². The van der Waals surface area contributed by atoms with Gasteiger partial charge in [-0.15, -0.1) is 0 Å². The van der Waals surface area contributed by atoms with Gasteiger partial charge in [-0.25, -0.2) is 0 Å². The van der Waals surface area contributed by atoms with Crippen LogP contribution in [0.4, 0.5) is 0 Å². The minimum absolute atomic E-state index is 0.294. The molecule has 4 atom stereocenters. The second-order valence-electron chi connectivity index (χ2n) is 9.23. The number of aromatic nitrogens is 1. The van der Waals surface area contributed by atoms with Crippen molar-refractivity contribution in [3.8, 4) is 0 Å². The Hall–Kier alpha value is -2.42. The first-order valence-electron chi connectivity index (χ1n) is 11.3. The van der Waals surface area contributed by atoms with Gasteiger partial charge in [-0.05, 0) is 61.6 Å². The van der Waals surface area contributed by atoms with Crippen LogP contribution in [0.5, 0.6) is 0 Å². The zero-order valence-corrected chi connectivity index (χ0v) is 17.3. The van der Waals surface area contributed by atoms with Crippen molar-refractivity contribution in [2.24, 2.45) is 23.7 Å². The van der Waals surface area contributed by atoms with E-state index >= 15 is 0 Å². The van der Waals surface area contributed by atoms with Gasteiger partial charge in [0.25, 0.3) is 0 Å². The van der Waals surface area contributed by atoms with Crippen LogP contribution in [0, 0.1) is 23.7 Å². The molecule has 2 heterocycles. The third-order valence-electron chi connectivity index (χ3n) is 7.22. The van der Waals surface area contributed by atoms with Crippen LogP contribution in [0.1, 0.15) is 38.2 Å². The van der Waals surface area contributed by atoms with Gasteiger partial charge in [0.2, 0.25) is 0 Å². The first kappa shape index (κ1) is 18.6. The molecule has 0 saturated carbocycles. The topological polar surface area (TPSA) is 39.3 Å². The quantitative estimate of drug-likeness (QED) is 0.619. The molecule has 3 heteroatoms. The fourth-order valence-electron chi connectivity index (χ4n) is 5.83. The molecule has 2 aliphatic carbocycles. The van der Waals surface area contributed by atoms with Crippen molar-refractivity contribution in [2.45, 2.75) is 39.0 Å². The minimum atomic E-state index is 0.294. The zero-order valence-electron chi connectivity index (χ0n) is 17.3. The molecule has 29 heavy (non-hydrogen) atoms. The Labute approximate surface area is 173 Å². The number of aromatic amines is 1. The molecule has 152 valence electrons. The van der Waals surface area contributed by atoms with Crippen LogP contribution in [-0.2, 0) is 6.42 Å². The van der Waals surface area contributed by atoms with Crippen LogP contribution in [0.3, 0.4) is 0 Å². The predicted molar refractivity (Wildman–Crippen MR) is 120 cm³/mol. The summed E-state index contributed by atoms with van der Waals surface area (Å²) < 4.78 is 0. The molecule has 0 radical (unpaired) electrons. The van der Waals surface area contributed by atoms with Crippen molar-refractivity contribution in [3.05, 3.63) is 71.8 Å². The van der Waals surface area contributed by atoms with E-state index in [1.54, 1.807) is 5.70 Å². The SMILES string of the molecule is C[C@H]1C[C@@H]2C(=CCC3C(O)=CC=CC32)N(CCCCc2c[nH]c3ccccc23)C1. The summed E-state index contributed by atoms with van der Waals surface area (Å²) in [5, 5.41) is 11.7. The number of unbranched alkanes of at least 4 members (excludes halogenated alkanes) is 1. The number of aliphatic hydroxyl groups excluding tert-OH is 1. The molecule has 1 fully saturated rings. The molecule has 3 aliphatic rings. The van der Waals surface area contributed by atoms with Gasteiger partial charge >= 0.3 is 0 Å². The van der Waals surface area contributed by atoms with Crippen molar-refractivity contribution in [1.29, 1.82) is 0 Å². The molecule has 0 amide bonds. The second-order valence-corrected chi connectivity index (χ2v) is 9.23. The van der Waals surface area contributed by atoms with Gasteiger partial charge < -0.3 is 15.0 Å². The van der Waals surface area contributed by atoms with E-state index in [2.05, 4.69) is 65.5 Å². The molecule has 1 aromatic carbocycles. The average Bonchev–Trinajstić information content (AvgIpc) is 3.14. The number of H-pyrrole nitrogens is 1. The van der Waals surface area contributed by atoms with E-state index in [4.69, 9.17) is 0 Å². The first-order chi connectivity index (χ1) is 14.2. The van der Waals surface area contributed by atoms with E-state index < -0.39 is 0 Å². The number of allylic oxidation sites excluding steroid dienone is 6.